The zero-order valence-corrected chi connectivity index (χ0v) is 25.6. The summed E-state index contributed by atoms with van der Waals surface area (Å²) in [5, 5.41) is 0. The van der Waals surface area contributed by atoms with Gasteiger partial charge in [-0.25, -0.2) is 0 Å². The van der Waals surface area contributed by atoms with Gasteiger partial charge in [-0.2, -0.15) is 0 Å². The molecule has 0 aromatic rings. The number of allylic oxidation sites excluding steroid dienone is 1. The summed E-state index contributed by atoms with van der Waals surface area (Å²) in [6.07, 6.45) is 23.8. The molecule has 0 N–H and O–H groups in total. The summed E-state index contributed by atoms with van der Waals surface area (Å²) in [7, 11) is 0. The van der Waals surface area contributed by atoms with E-state index in [1.165, 1.54) is 96.3 Å². The van der Waals surface area contributed by atoms with Gasteiger partial charge in [-0.3, -0.25) is 0 Å². The summed E-state index contributed by atoms with van der Waals surface area (Å²) in [6.45, 7) is 19.8. The molecule has 0 bridgehead atoms. The van der Waals surface area contributed by atoms with Gasteiger partial charge in [-0.1, -0.05) is 91.7 Å². The molecule has 8 unspecified atom stereocenters. The molecule has 4 rings (SSSR count). The van der Waals surface area contributed by atoms with Gasteiger partial charge in [0, 0.05) is 0 Å². The van der Waals surface area contributed by atoms with Crippen molar-refractivity contribution in [2.45, 2.75) is 163 Å². The molecule has 0 aromatic heterocycles. The number of unbranched alkanes of at least 4 members (excludes halogenated alkanes) is 2. The van der Waals surface area contributed by atoms with Crippen molar-refractivity contribution in [3.8, 4) is 0 Å². The monoisotopic (exact) mass is 498 g/mol. The molecule has 4 aliphatic rings. The molecule has 0 aromatic carbocycles. The third-order valence-corrected chi connectivity index (χ3v) is 12.1. The average molecular weight is 499 g/mol. The molecular weight excluding hydrogens is 436 g/mol. The second-order valence-electron chi connectivity index (χ2n) is 15.5. The highest BCUT2D eigenvalue weighted by atomic mass is 16.5. The maximum absolute atomic E-state index is 6.79. The first-order chi connectivity index (χ1) is 17.0. The molecule has 8 atom stereocenters. The predicted octanol–water partition coefficient (Wildman–Crippen LogP) is 10.8. The third-order valence-electron chi connectivity index (χ3n) is 12.1. The number of fused-ring (bicyclic) bond motifs is 5. The number of rotatable bonds is 11. The van der Waals surface area contributed by atoms with Crippen molar-refractivity contribution < 1.29 is 4.74 Å². The van der Waals surface area contributed by atoms with Crippen LogP contribution in [0, 0.1) is 46.3 Å². The lowest BCUT2D eigenvalue weighted by Gasteiger charge is -2.58. The normalized spacial score (nSPS) is 39.4. The molecule has 0 radical (unpaired) electrons. The van der Waals surface area contributed by atoms with E-state index >= 15 is 0 Å². The zero-order valence-electron chi connectivity index (χ0n) is 25.6. The molecule has 0 saturated heterocycles. The van der Waals surface area contributed by atoms with Crippen molar-refractivity contribution in [3.63, 3.8) is 0 Å². The lowest BCUT2D eigenvalue weighted by molar-refractivity contribution is -0.106. The van der Waals surface area contributed by atoms with E-state index in [0.717, 1.165) is 35.5 Å². The molecule has 0 amide bonds. The highest BCUT2D eigenvalue weighted by Gasteiger charge is 2.59. The summed E-state index contributed by atoms with van der Waals surface area (Å²) < 4.78 is 6.79. The van der Waals surface area contributed by atoms with Crippen LogP contribution in [-0.4, -0.2) is 11.7 Å². The minimum atomic E-state index is 0.0305. The molecule has 1 nitrogen and oxygen atoms in total. The lowest BCUT2D eigenvalue weighted by atomic mass is 9.47. The minimum absolute atomic E-state index is 0.0305. The van der Waals surface area contributed by atoms with Crippen molar-refractivity contribution >= 4 is 0 Å². The quantitative estimate of drug-likeness (QED) is 0.203. The molecule has 4 aliphatic carbocycles. The summed E-state index contributed by atoms with van der Waals surface area (Å²) in [6, 6.07) is 0. The van der Waals surface area contributed by atoms with Gasteiger partial charge in [-0.05, 0) is 118 Å². The fourth-order valence-electron chi connectivity index (χ4n) is 10.1. The van der Waals surface area contributed by atoms with Crippen LogP contribution in [0.15, 0.2) is 11.6 Å². The summed E-state index contributed by atoms with van der Waals surface area (Å²) in [4.78, 5) is 0. The van der Waals surface area contributed by atoms with Gasteiger partial charge >= 0.3 is 0 Å². The average Bonchev–Trinajstić information content (AvgIpc) is 3.16. The van der Waals surface area contributed by atoms with Crippen LogP contribution in [0.4, 0.5) is 0 Å². The number of hydrogen-bond donors (Lipinski definition) is 0. The van der Waals surface area contributed by atoms with E-state index in [9.17, 15) is 0 Å². The van der Waals surface area contributed by atoms with E-state index in [2.05, 4.69) is 61.5 Å². The number of hydrogen-bond acceptors (Lipinski definition) is 1. The molecule has 208 valence electrons. The van der Waals surface area contributed by atoms with Gasteiger partial charge in [0.15, 0.2) is 0 Å². The standard InChI is InChI=1S/C35H62O/c1-9-10-11-21-33(5,6)36-28-19-22-34(7)27(24-28)15-16-29-31-18-17-30(26(4)14-12-13-25(2)3)35(31,8)23-20-32(29)34/h15,25-26,28-32H,9-14,16-24H2,1-8H3. The van der Waals surface area contributed by atoms with Crippen LogP contribution < -0.4 is 0 Å². The van der Waals surface area contributed by atoms with Gasteiger partial charge < -0.3 is 4.74 Å². The van der Waals surface area contributed by atoms with E-state index in [-0.39, 0.29) is 5.60 Å². The molecule has 36 heavy (non-hydrogen) atoms. The Morgan fingerprint density at radius 2 is 1.72 bits per heavy atom. The van der Waals surface area contributed by atoms with Crippen LogP contribution in [0.3, 0.4) is 0 Å². The molecular formula is C35H62O. The molecule has 3 fully saturated rings. The van der Waals surface area contributed by atoms with Crippen LogP contribution in [-0.2, 0) is 4.74 Å². The van der Waals surface area contributed by atoms with Gasteiger partial charge in [0.1, 0.15) is 0 Å². The first-order valence-corrected chi connectivity index (χ1v) is 16.4. The van der Waals surface area contributed by atoms with Crippen LogP contribution in [0.2, 0.25) is 0 Å². The lowest BCUT2D eigenvalue weighted by Crippen LogP contribution is -2.51. The van der Waals surface area contributed by atoms with Crippen molar-refractivity contribution in [1.82, 2.24) is 0 Å². The number of ether oxygens (including phenoxy) is 1. The van der Waals surface area contributed by atoms with E-state index < -0.39 is 0 Å². The molecule has 1 heteroatoms. The van der Waals surface area contributed by atoms with Gasteiger partial charge in [-0.15, -0.1) is 0 Å². The predicted molar refractivity (Wildman–Crippen MR) is 156 cm³/mol. The van der Waals surface area contributed by atoms with Gasteiger partial charge in [0.25, 0.3) is 0 Å². The summed E-state index contributed by atoms with van der Waals surface area (Å²) in [5.41, 5.74) is 2.85. The Bertz CT molecular complexity index is 748. The zero-order chi connectivity index (χ0) is 26.1. The molecule has 3 saturated carbocycles. The van der Waals surface area contributed by atoms with E-state index in [0.29, 0.717) is 16.9 Å². The highest BCUT2D eigenvalue weighted by Crippen LogP contribution is 2.67. The first-order valence-electron chi connectivity index (χ1n) is 16.4. The Kier molecular flexibility index (Phi) is 9.12. The Morgan fingerprint density at radius 3 is 2.44 bits per heavy atom. The largest absolute Gasteiger partial charge is 0.372 e. The highest BCUT2D eigenvalue weighted by molar-refractivity contribution is 5.25. The second-order valence-corrected chi connectivity index (χ2v) is 15.5. The fraction of sp³-hybridized carbons (Fsp3) is 0.943. The van der Waals surface area contributed by atoms with Crippen LogP contribution in [0.1, 0.15) is 152 Å². The van der Waals surface area contributed by atoms with Crippen LogP contribution in [0.5, 0.6) is 0 Å². The molecule has 0 heterocycles. The summed E-state index contributed by atoms with van der Waals surface area (Å²) >= 11 is 0. The Morgan fingerprint density at radius 1 is 0.944 bits per heavy atom. The van der Waals surface area contributed by atoms with E-state index in [1.807, 2.05) is 0 Å². The van der Waals surface area contributed by atoms with Crippen molar-refractivity contribution in [2.75, 3.05) is 0 Å². The molecule has 0 spiro atoms. The van der Waals surface area contributed by atoms with E-state index in [4.69, 9.17) is 4.74 Å². The second kappa shape index (κ2) is 11.4. The maximum Gasteiger partial charge on any atom is 0.0630 e. The molecule has 0 aliphatic heterocycles. The van der Waals surface area contributed by atoms with Crippen molar-refractivity contribution in [1.29, 1.82) is 0 Å². The van der Waals surface area contributed by atoms with Crippen molar-refractivity contribution in [3.05, 3.63) is 11.6 Å². The van der Waals surface area contributed by atoms with Crippen LogP contribution in [0.25, 0.3) is 0 Å². The smallest absolute Gasteiger partial charge is 0.0630 e. The Labute approximate surface area is 226 Å². The maximum atomic E-state index is 6.79. The van der Waals surface area contributed by atoms with Crippen LogP contribution >= 0.6 is 0 Å². The van der Waals surface area contributed by atoms with E-state index in [1.54, 1.807) is 5.57 Å². The fourth-order valence-corrected chi connectivity index (χ4v) is 10.1. The van der Waals surface area contributed by atoms with Gasteiger partial charge in [0.05, 0.1) is 11.7 Å². The Hall–Kier alpha value is -0.300. The summed E-state index contributed by atoms with van der Waals surface area (Å²) in [5.74, 6) is 5.56. The van der Waals surface area contributed by atoms with Crippen molar-refractivity contribution in [2.24, 2.45) is 46.3 Å². The minimum Gasteiger partial charge on any atom is -0.372 e. The Balaban J connectivity index is 1.40. The SMILES string of the molecule is CCCCCC(C)(C)OC1CCC2(C)C(=CCC3C2CCC2(C)C(C(C)CCCC(C)C)CCC32)C1. The third kappa shape index (κ3) is 5.82. The first kappa shape index (κ1) is 28.7. The topological polar surface area (TPSA) is 9.23 Å². The van der Waals surface area contributed by atoms with Gasteiger partial charge in [0.2, 0.25) is 0 Å².